The van der Waals surface area contributed by atoms with Crippen LogP contribution in [-0.2, 0) is 14.2 Å². The van der Waals surface area contributed by atoms with E-state index in [1.165, 1.54) is 0 Å². The number of hydrogen-bond donors (Lipinski definition) is 2. The Kier molecular flexibility index (Phi) is 5.89. The molecular weight excluding hydrogens is 346 g/mol. The summed E-state index contributed by atoms with van der Waals surface area (Å²) in [5.74, 6) is 1.44. The minimum absolute atomic E-state index is 0.128. The van der Waals surface area contributed by atoms with Crippen LogP contribution < -0.4 is 15.8 Å². The van der Waals surface area contributed by atoms with E-state index in [2.05, 4.69) is 38.7 Å². The number of hydrogen-bond acceptors (Lipinski definition) is 8. The molecule has 0 bridgehead atoms. The zero-order chi connectivity index (χ0) is 18.8. The molecule has 3 aliphatic rings. The Labute approximate surface area is 160 Å². The van der Waals surface area contributed by atoms with Crippen molar-refractivity contribution in [1.82, 2.24) is 20.8 Å². The van der Waals surface area contributed by atoms with Crippen molar-refractivity contribution >= 4 is 5.82 Å². The molecule has 0 amide bonds. The van der Waals surface area contributed by atoms with Gasteiger partial charge in [-0.15, -0.1) is 0 Å². The number of methoxy groups -OCH3 is 2. The van der Waals surface area contributed by atoms with Crippen molar-refractivity contribution < 1.29 is 14.2 Å². The van der Waals surface area contributed by atoms with Gasteiger partial charge in [0, 0.05) is 45.3 Å². The van der Waals surface area contributed by atoms with Crippen molar-refractivity contribution in [3.8, 4) is 0 Å². The van der Waals surface area contributed by atoms with Gasteiger partial charge in [-0.25, -0.2) is 15.4 Å². The molecule has 1 aromatic rings. The smallest absolute Gasteiger partial charge is 0.132 e. The second kappa shape index (κ2) is 8.36. The summed E-state index contributed by atoms with van der Waals surface area (Å²) in [6.07, 6.45) is 5.61. The van der Waals surface area contributed by atoms with Gasteiger partial charge < -0.3 is 19.1 Å². The van der Waals surface area contributed by atoms with Gasteiger partial charge in [-0.3, -0.25) is 5.43 Å². The molecule has 0 radical (unpaired) electrons. The summed E-state index contributed by atoms with van der Waals surface area (Å²) in [6.45, 7) is 4.50. The van der Waals surface area contributed by atoms with Crippen LogP contribution in [0, 0.1) is 5.92 Å². The van der Waals surface area contributed by atoms with Crippen molar-refractivity contribution in [3.05, 3.63) is 18.1 Å². The minimum Gasteiger partial charge on any atom is -0.382 e. The van der Waals surface area contributed by atoms with E-state index in [1.807, 2.05) is 0 Å². The molecule has 27 heavy (non-hydrogen) atoms. The van der Waals surface area contributed by atoms with E-state index >= 15 is 0 Å². The van der Waals surface area contributed by atoms with Gasteiger partial charge in [0.2, 0.25) is 0 Å². The van der Waals surface area contributed by atoms with Crippen molar-refractivity contribution in [2.75, 3.05) is 38.8 Å². The van der Waals surface area contributed by atoms with Gasteiger partial charge in [-0.1, -0.05) is 0 Å². The van der Waals surface area contributed by atoms with E-state index in [1.54, 1.807) is 20.5 Å². The largest absolute Gasteiger partial charge is 0.382 e. The molecule has 3 heterocycles. The van der Waals surface area contributed by atoms with Gasteiger partial charge in [0.25, 0.3) is 0 Å². The van der Waals surface area contributed by atoms with Gasteiger partial charge in [-0.05, 0) is 26.2 Å². The summed E-state index contributed by atoms with van der Waals surface area (Å²) >= 11 is 0. The summed E-state index contributed by atoms with van der Waals surface area (Å²) in [6, 6.07) is 2.76. The molecular formula is C19H31N5O3. The zero-order valence-electron chi connectivity index (χ0n) is 16.4. The summed E-state index contributed by atoms with van der Waals surface area (Å²) < 4.78 is 16.8. The van der Waals surface area contributed by atoms with E-state index in [9.17, 15) is 0 Å². The molecule has 0 spiro atoms. The third-order valence-corrected chi connectivity index (χ3v) is 6.03. The minimum atomic E-state index is 0.128. The number of fused-ring (bicyclic) bond motifs is 1. The lowest BCUT2D eigenvalue weighted by molar-refractivity contribution is -0.0623. The maximum Gasteiger partial charge on any atom is 0.132 e. The molecule has 5 atom stereocenters. The highest BCUT2D eigenvalue weighted by Crippen LogP contribution is 2.39. The summed E-state index contributed by atoms with van der Waals surface area (Å²) in [5, 5.41) is 0. The van der Waals surface area contributed by atoms with Crippen LogP contribution in [0.25, 0.3) is 0 Å². The lowest BCUT2D eigenvalue weighted by atomic mass is 9.79. The fourth-order valence-electron chi connectivity index (χ4n) is 4.51. The number of hydrazine groups is 1. The first kappa shape index (κ1) is 19.0. The SMILES string of the molecule is COC[C@H](C)OC1CCC2NNC(c3cc(N4CC(OC)C4)ncn3)C2C1. The lowest BCUT2D eigenvalue weighted by Crippen LogP contribution is -2.52. The molecule has 3 fully saturated rings. The first-order valence-electron chi connectivity index (χ1n) is 9.93. The van der Waals surface area contributed by atoms with Crippen LogP contribution >= 0.6 is 0 Å². The Balaban J connectivity index is 1.42. The molecule has 1 aromatic heterocycles. The highest BCUT2D eigenvalue weighted by molar-refractivity contribution is 5.43. The van der Waals surface area contributed by atoms with E-state index in [4.69, 9.17) is 14.2 Å². The Bertz CT molecular complexity index is 627. The van der Waals surface area contributed by atoms with Crippen LogP contribution in [-0.4, -0.2) is 68.2 Å². The predicted molar refractivity (Wildman–Crippen MR) is 101 cm³/mol. The average Bonchev–Trinajstić information content (AvgIpc) is 3.04. The molecule has 4 unspecified atom stereocenters. The van der Waals surface area contributed by atoms with Crippen molar-refractivity contribution in [3.63, 3.8) is 0 Å². The molecule has 8 heteroatoms. The molecule has 150 valence electrons. The van der Waals surface area contributed by atoms with E-state index in [0.29, 0.717) is 24.7 Å². The van der Waals surface area contributed by atoms with Crippen molar-refractivity contribution in [2.45, 2.75) is 56.6 Å². The van der Waals surface area contributed by atoms with Gasteiger partial charge >= 0.3 is 0 Å². The van der Waals surface area contributed by atoms with Crippen LogP contribution in [0.3, 0.4) is 0 Å². The second-order valence-corrected chi connectivity index (χ2v) is 7.94. The summed E-state index contributed by atoms with van der Waals surface area (Å²) in [7, 11) is 3.48. The number of rotatable bonds is 7. The van der Waals surface area contributed by atoms with E-state index in [-0.39, 0.29) is 18.2 Å². The third kappa shape index (κ3) is 4.09. The maximum atomic E-state index is 6.20. The topological polar surface area (TPSA) is 80.8 Å². The number of nitrogens with one attached hydrogen (secondary N) is 2. The van der Waals surface area contributed by atoms with E-state index < -0.39 is 0 Å². The highest BCUT2D eigenvalue weighted by atomic mass is 16.5. The normalized spacial score (nSPS) is 32.2. The van der Waals surface area contributed by atoms with Gasteiger partial charge in [-0.2, -0.15) is 0 Å². The molecule has 1 aliphatic carbocycles. The molecule has 0 aromatic carbocycles. The van der Waals surface area contributed by atoms with Gasteiger partial charge in [0.1, 0.15) is 12.1 Å². The second-order valence-electron chi connectivity index (χ2n) is 7.94. The van der Waals surface area contributed by atoms with Crippen molar-refractivity contribution in [1.29, 1.82) is 0 Å². The number of nitrogens with zero attached hydrogens (tertiary/aromatic N) is 3. The Morgan fingerprint density at radius 1 is 1.19 bits per heavy atom. The molecule has 1 saturated carbocycles. The van der Waals surface area contributed by atoms with Crippen LogP contribution in [0.5, 0.6) is 0 Å². The monoisotopic (exact) mass is 377 g/mol. The zero-order valence-corrected chi connectivity index (χ0v) is 16.4. The predicted octanol–water partition coefficient (Wildman–Crippen LogP) is 1.05. The summed E-state index contributed by atoms with van der Waals surface area (Å²) in [5.41, 5.74) is 7.99. The first-order valence-corrected chi connectivity index (χ1v) is 9.93. The lowest BCUT2D eigenvalue weighted by Gasteiger charge is -2.39. The number of ether oxygens (including phenoxy) is 3. The Morgan fingerprint density at radius 3 is 2.81 bits per heavy atom. The van der Waals surface area contributed by atoms with Crippen LogP contribution in [0.4, 0.5) is 5.82 Å². The first-order chi connectivity index (χ1) is 13.2. The Hall–Kier alpha value is -1.32. The standard InChI is InChI=1S/C19H31N5O3/c1-12(10-25-2)27-13-4-5-16-15(6-13)19(23-22-16)17-7-18(21-11-20-17)24-8-14(9-24)26-3/h7,11-16,19,22-23H,4-6,8-10H2,1-3H3/t12-,13?,15?,16?,19?/m0/s1. The molecule has 4 rings (SSSR count). The molecule has 8 nitrogen and oxygen atoms in total. The van der Waals surface area contributed by atoms with Crippen molar-refractivity contribution in [2.24, 2.45) is 5.92 Å². The van der Waals surface area contributed by atoms with Crippen LogP contribution in [0.15, 0.2) is 12.4 Å². The van der Waals surface area contributed by atoms with Crippen LogP contribution in [0.1, 0.15) is 37.9 Å². The molecule has 2 saturated heterocycles. The molecule has 2 aliphatic heterocycles. The number of aromatic nitrogens is 2. The number of anilines is 1. The average molecular weight is 377 g/mol. The fourth-order valence-corrected chi connectivity index (χ4v) is 4.51. The fraction of sp³-hybridized carbons (Fsp3) is 0.789. The molecule has 2 N–H and O–H groups in total. The van der Waals surface area contributed by atoms with Crippen LogP contribution in [0.2, 0.25) is 0 Å². The van der Waals surface area contributed by atoms with Gasteiger partial charge in [0.15, 0.2) is 0 Å². The Morgan fingerprint density at radius 2 is 2.04 bits per heavy atom. The highest BCUT2D eigenvalue weighted by Gasteiger charge is 2.42. The summed E-state index contributed by atoms with van der Waals surface area (Å²) in [4.78, 5) is 11.3. The third-order valence-electron chi connectivity index (χ3n) is 6.03. The quantitative estimate of drug-likeness (QED) is 0.730. The maximum absolute atomic E-state index is 6.20. The van der Waals surface area contributed by atoms with E-state index in [0.717, 1.165) is 43.9 Å². The van der Waals surface area contributed by atoms with Gasteiger partial charge in [0.05, 0.1) is 36.7 Å².